The molecular weight excluding hydrogens is 491 g/mol. The molecule has 0 radical (unpaired) electrons. The number of benzene rings is 1. The molecule has 1 aromatic rings. The standard InChI is InChI=1S/C23H38N4O2.HI/c1-22(2,3)27-20(28)19-10-8-9-18(15-19)16-25-21(24-4)26-17-23(13-14-29-5)11-6-7-12-23;/h8-10,15H,6-7,11-14,16-17H2,1-5H3,(H,27,28)(H2,24,25,26);1H. The Labute approximate surface area is 199 Å². The van der Waals surface area contributed by atoms with Gasteiger partial charge in [0.1, 0.15) is 0 Å². The maximum Gasteiger partial charge on any atom is 0.251 e. The summed E-state index contributed by atoms with van der Waals surface area (Å²) in [7, 11) is 3.56. The van der Waals surface area contributed by atoms with Crippen molar-refractivity contribution in [3.63, 3.8) is 0 Å². The Balaban J connectivity index is 0.00000450. The van der Waals surface area contributed by atoms with Gasteiger partial charge >= 0.3 is 0 Å². The molecule has 3 N–H and O–H groups in total. The number of amides is 1. The van der Waals surface area contributed by atoms with Gasteiger partial charge in [0, 0.05) is 45.0 Å². The lowest BCUT2D eigenvalue weighted by molar-refractivity contribution is 0.0919. The summed E-state index contributed by atoms with van der Waals surface area (Å²) in [5.74, 6) is 0.737. The molecule has 7 heteroatoms. The van der Waals surface area contributed by atoms with Gasteiger partial charge in [0.05, 0.1) is 0 Å². The molecule has 1 saturated carbocycles. The second kappa shape index (κ2) is 12.5. The molecule has 1 aliphatic rings. The van der Waals surface area contributed by atoms with Crippen LogP contribution >= 0.6 is 24.0 Å². The summed E-state index contributed by atoms with van der Waals surface area (Å²) in [6.45, 7) is 8.27. The van der Waals surface area contributed by atoms with E-state index in [1.54, 1.807) is 14.2 Å². The molecule has 0 aliphatic heterocycles. The molecule has 0 aromatic heterocycles. The molecule has 0 unspecified atom stereocenters. The Morgan fingerprint density at radius 2 is 1.90 bits per heavy atom. The summed E-state index contributed by atoms with van der Waals surface area (Å²) in [5, 5.41) is 9.88. The van der Waals surface area contributed by atoms with E-state index in [0.29, 0.717) is 17.5 Å². The minimum atomic E-state index is -0.254. The van der Waals surface area contributed by atoms with Crippen LogP contribution in [0.15, 0.2) is 29.3 Å². The van der Waals surface area contributed by atoms with Crippen LogP contribution < -0.4 is 16.0 Å². The highest BCUT2D eigenvalue weighted by atomic mass is 127. The number of aliphatic imine (C=N–C) groups is 1. The normalized spacial score (nSPS) is 16.0. The lowest BCUT2D eigenvalue weighted by atomic mass is 9.83. The molecule has 170 valence electrons. The highest BCUT2D eigenvalue weighted by molar-refractivity contribution is 14.0. The monoisotopic (exact) mass is 530 g/mol. The minimum absolute atomic E-state index is 0. The molecule has 1 aliphatic carbocycles. The van der Waals surface area contributed by atoms with Crippen molar-refractivity contribution < 1.29 is 9.53 Å². The van der Waals surface area contributed by atoms with E-state index in [-0.39, 0.29) is 35.4 Å². The Bertz CT molecular complexity index is 695. The van der Waals surface area contributed by atoms with Gasteiger partial charge < -0.3 is 20.7 Å². The Morgan fingerprint density at radius 1 is 1.20 bits per heavy atom. The first-order chi connectivity index (χ1) is 13.8. The smallest absolute Gasteiger partial charge is 0.251 e. The lowest BCUT2D eigenvalue weighted by Gasteiger charge is -2.30. The zero-order valence-electron chi connectivity index (χ0n) is 19.1. The van der Waals surface area contributed by atoms with Crippen molar-refractivity contribution in [1.29, 1.82) is 0 Å². The van der Waals surface area contributed by atoms with Crippen molar-refractivity contribution in [1.82, 2.24) is 16.0 Å². The SMILES string of the molecule is CN=C(NCc1cccc(C(=O)NC(C)(C)C)c1)NCC1(CCOC)CCCC1.I. The predicted octanol–water partition coefficient (Wildman–Crippen LogP) is 4.09. The second-order valence-electron chi connectivity index (χ2n) is 9.13. The van der Waals surface area contributed by atoms with E-state index < -0.39 is 0 Å². The van der Waals surface area contributed by atoms with Crippen molar-refractivity contribution in [3.8, 4) is 0 Å². The average molecular weight is 530 g/mol. The molecule has 2 rings (SSSR count). The number of ether oxygens (including phenoxy) is 1. The summed E-state index contributed by atoms with van der Waals surface area (Å²) in [6.07, 6.45) is 6.15. The number of methoxy groups -OCH3 is 1. The third-order valence-electron chi connectivity index (χ3n) is 5.49. The number of guanidine groups is 1. The number of nitrogens with one attached hydrogen (secondary N) is 3. The van der Waals surface area contributed by atoms with Crippen LogP contribution in [0, 0.1) is 5.41 Å². The summed E-state index contributed by atoms with van der Waals surface area (Å²) >= 11 is 0. The molecule has 1 aromatic carbocycles. The van der Waals surface area contributed by atoms with E-state index in [1.165, 1.54) is 25.7 Å². The molecule has 0 bridgehead atoms. The maximum atomic E-state index is 12.4. The number of halogens is 1. The van der Waals surface area contributed by atoms with E-state index >= 15 is 0 Å². The molecule has 0 atom stereocenters. The summed E-state index contributed by atoms with van der Waals surface area (Å²) < 4.78 is 5.32. The van der Waals surface area contributed by atoms with Gasteiger partial charge in [-0.15, -0.1) is 24.0 Å². The van der Waals surface area contributed by atoms with Crippen molar-refractivity contribution in [2.75, 3.05) is 27.3 Å². The lowest BCUT2D eigenvalue weighted by Crippen LogP contribution is -2.43. The van der Waals surface area contributed by atoms with Crippen molar-refractivity contribution >= 4 is 35.8 Å². The molecule has 0 saturated heterocycles. The summed E-state index contributed by atoms with van der Waals surface area (Å²) in [5.41, 5.74) is 1.77. The Hall–Kier alpha value is -1.35. The average Bonchev–Trinajstić information content (AvgIpc) is 3.14. The molecule has 0 spiro atoms. The fourth-order valence-corrected chi connectivity index (χ4v) is 3.87. The van der Waals surface area contributed by atoms with Gasteiger partial charge in [-0.1, -0.05) is 25.0 Å². The molecule has 0 heterocycles. The predicted molar refractivity (Wildman–Crippen MR) is 135 cm³/mol. The van der Waals surface area contributed by atoms with Crippen molar-refractivity contribution in [2.24, 2.45) is 10.4 Å². The van der Waals surface area contributed by atoms with Crippen LogP contribution in [0.1, 0.15) is 68.8 Å². The zero-order chi connectivity index (χ0) is 21.3. The third kappa shape index (κ3) is 8.79. The molecular formula is C23H39IN4O2. The Morgan fingerprint density at radius 3 is 2.50 bits per heavy atom. The summed E-state index contributed by atoms with van der Waals surface area (Å²) in [4.78, 5) is 16.8. The third-order valence-corrected chi connectivity index (χ3v) is 5.49. The maximum absolute atomic E-state index is 12.4. The number of nitrogens with zero attached hydrogens (tertiary/aromatic N) is 1. The highest BCUT2D eigenvalue weighted by Gasteiger charge is 2.33. The fraction of sp³-hybridized carbons (Fsp3) is 0.652. The van der Waals surface area contributed by atoms with Crippen LogP contribution in [0.3, 0.4) is 0 Å². The van der Waals surface area contributed by atoms with Crippen LogP contribution in [0.4, 0.5) is 0 Å². The van der Waals surface area contributed by atoms with Crippen LogP contribution in [0.5, 0.6) is 0 Å². The van der Waals surface area contributed by atoms with Gasteiger partial charge in [-0.3, -0.25) is 9.79 Å². The fourth-order valence-electron chi connectivity index (χ4n) is 3.87. The first kappa shape index (κ1) is 26.7. The largest absolute Gasteiger partial charge is 0.385 e. The van der Waals surface area contributed by atoms with Crippen molar-refractivity contribution in [3.05, 3.63) is 35.4 Å². The van der Waals surface area contributed by atoms with Gasteiger partial charge in [-0.05, 0) is 63.1 Å². The second-order valence-corrected chi connectivity index (χ2v) is 9.13. The van der Waals surface area contributed by atoms with Gasteiger partial charge in [0.15, 0.2) is 5.96 Å². The van der Waals surface area contributed by atoms with E-state index in [1.807, 2.05) is 45.0 Å². The first-order valence-corrected chi connectivity index (χ1v) is 10.6. The number of hydrogen-bond donors (Lipinski definition) is 3. The van der Waals surface area contributed by atoms with E-state index in [0.717, 1.165) is 31.1 Å². The quantitative estimate of drug-likeness (QED) is 0.269. The molecule has 6 nitrogen and oxygen atoms in total. The number of carbonyl (C=O) groups is 1. The number of rotatable bonds is 8. The van der Waals surface area contributed by atoms with E-state index in [9.17, 15) is 4.79 Å². The van der Waals surface area contributed by atoms with E-state index in [2.05, 4.69) is 20.9 Å². The van der Waals surface area contributed by atoms with Crippen LogP contribution in [0.2, 0.25) is 0 Å². The summed E-state index contributed by atoms with van der Waals surface area (Å²) in [6, 6.07) is 7.71. The van der Waals surface area contributed by atoms with Gasteiger partial charge in [-0.2, -0.15) is 0 Å². The van der Waals surface area contributed by atoms with Gasteiger partial charge in [-0.25, -0.2) is 0 Å². The van der Waals surface area contributed by atoms with Crippen LogP contribution in [0.25, 0.3) is 0 Å². The van der Waals surface area contributed by atoms with Crippen molar-refractivity contribution in [2.45, 2.75) is 65.0 Å². The first-order valence-electron chi connectivity index (χ1n) is 10.6. The van der Waals surface area contributed by atoms with Crippen LogP contribution in [-0.2, 0) is 11.3 Å². The number of carbonyl (C=O) groups excluding carboxylic acids is 1. The molecule has 30 heavy (non-hydrogen) atoms. The molecule has 1 amide bonds. The zero-order valence-corrected chi connectivity index (χ0v) is 21.5. The van der Waals surface area contributed by atoms with E-state index in [4.69, 9.17) is 4.74 Å². The minimum Gasteiger partial charge on any atom is -0.385 e. The van der Waals surface area contributed by atoms with Gasteiger partial charge in [0.25, 0.3) is 5.91 Å². The molecule has 1 fully saturated rings. The topological polar surface area (TPSA) is 74.8 Å². The van der Waals surface area contributed by atoms with Gasteiger partial charge in [0.2, 0.25) is 0 Å². The highest BCUT2D eigenvalue weighted by Crippen LogP contribution is 2.40. The number of hydrogen-bond acceptors (Lipinski definition) is 3. The van der Waals surface area contributed by atoms with Crippen LogP contribution in [-0.4, -0.2) is 44.7 Å². The Kier molecular flexibility index (Phi) is 11.1.